The summed E-state index contributed by atoms with van der Waals surface area (Å²) in [6, 6.07) is 12.2. The highest BCUT2D eigenvalue weighted by Crippen LogP contribution is 2.25. The quantitative estimate of drug-likeness (QED) is 0.572. The van der Waals surface area contributed by atoms with Crippen LogP contribution in [0.5, 0.6) is 0 Å². The van der Waals surface area contributed by atoms with Gasteiger partial charge in [0.1, 0.15) is 0 Å². The summed E-state index contributed by atoms with van der Waals surface area (Å²) in [5.74, 6) is -0.0459. The Morgan fingerprint density at radius 3 is 2.32 bits per heavy atom. The number of nitrogen functional groups attached to an aromatic ring is 1. The van der Waals surface area contributed by atoms with Crippen LogP contribution in [0, 0.1) is 3.57 Å². The summed E-state index contributed by atoms with van der Waals surface area (Å²) >= 11 is 5.44. The molecular formula is C13H11BrINO2S. The van der Waals surface area contributed by atoms with Crippen molar-refractivity contribution in [3.8, 4) is 0 Å². The third-order valence-corrected chi connectivity index (χ3v) is 5.54. The van der Waals surface area contributed by atoms with Crippen molar-refractivity contribution >= 4 is 54.0 Å². The van der Waals surface area contributed by atoms with Crippen molar-refractivity contribution in [2.45, 2.75) is 10.6 Å². The minimum atomic E-state index is -3.42. The molecule has 100 valence electrons. The summed E-state index contributed by atoms with van der Waals surface area (Å²) in [5.41, 5.74) is 6.79. The molecule has 0 aliphatic carbocycles. The van der Waals surface area contributed by atoms with Gasteiger partial charge in [0.25, 0.3) is 0 Å². The van der Waals surface area contributed by atoms with Gasteiger partial charge in [0.15, 0.2) is 9.84 Å². The summed E-state index contributed by atoms with van der Waals surface area (Å²) in [6.07, 6.45) is 0. The van der Waals surface area contributed by atoms with Crippen LogP contribution in [0.25, 0.3) is 0 Å². The molecule has 0 aliphatic rings. The van der Waals surface area contributed by atoms with E-state index in [0.717, 1.165) is 13.6 Å². The smallest absolute Gasteiger partial charge is 0.184 e. The van der Waals surface area contributed by atoms with E-state index in [1.165, 1.54) is 6.07 Å². The van der Waals surface area contributed by atoms with Crippen LogP contribution in [-0.2, 0) is 15.6 Å². The molecule has 2 rings (SSSR count). The van der Waals surface area contributed by atoms with Crippen LogP contribution in [0.3, 0.4) is 0 Å². The highest BCUT2D eigenvalue weighted by atomic mass is 127. The summed E-state index contributed by atoms with van der Waals surface area (Å²) < 4.78 is 26.5. The van der Waals surface area contributed by atoms with Gasteiger partial charge >= 0.3 is 0 Å². The first-order chi connectivity index (χ1) is 8.88. The Morgan fingerprint density at radius 2 is 1.74 bits per heavy atom. The molecule has 0 amide bonds. The zero-order valence-electron chi connectivity index (χ0n) is 9.81. The molecule has 0 spiro atoms. The number of rotatable bonds is 3. The summed E-state index contributed by atoms with van der Waals surface area (Å²) in [7, 11) is -3.42. The molecule has 2 aromatic carbocycles. The first-order valence-corrected chi connectivity index (χ1v) is 8.93. The molecule has 0 unspecified atom stereocenters. The first kappa shape index (κ1) is 14.8. The minimum absolute atomic E-state index is 0.0459. The van der Waals surface area contributed by atoms with Gasteiger partial charge in [-0.2, -0.15) is 0 Å². The van der Waals surface area contributed by atoms with E-state index in [0.29, 0.717) is 0 Å². The minimum Gasteiger partial charge on any atom is -0.398 e. The molecule has 0 aliphatic heterocycles. The largest absolute Gasteiger partial charge is 0.398 e. The maximum atomic E-state index is 12.3. The summed E-state index contributed by atoms with van der Waals surface area (Å²) in [6.45, 7) is 0. The third kappa shape index (κ3) is 3.70. The molecular weight excluding hydrogens is 441 g/mol. The van der Waals surface area contributed by atoms with E-state index >= 15 is 0 Å². The molecule has 0 radical (unpaired) electrons. The van der Waals surface area contributed by atoms with Gasteiger partial charge in [0.2, 0.25) is 0 Å². The number of sulfone groups is 1. The lowest BCUT2D eigenvalue weighted by Gasteiger charge is -2.08. The molecule has 0 heterocycles. The summed E-state index contributed by atoms with van der Waals surface area (Å²) in [5, 5.41) is 0. The lowest BCUT2D eigenvalue weighted by molar-refractivity contribution is 0.595. The molecule has 3 nitrogen and oxygen atoms in total. The van der Waals surface area contributed by atoms with E-state index < -0.39 is 9.84 Å². The first-order valence-electron chi connectivity index (χ1n) is 5.41. The van der Waals surface area contributed by atoms with E-state index in [9.17, 15) is 8.42 Å². The normalized spacial score (nSPS) is 11.5. The van der Waals surface area contributed by atoms with E-state index in [-0.39, 0.29) is 16.3 Å². The molecule has 0 fully saturated rings. The fraction of sp³-hybridized carbons (Fsp3) is 0.0769. The van der Waals surface area contributed by atoms with Crippen LogP contribution in [0.15, 0.2) is 51.8 Å². The van der Waals surface area contributed by atoms with E-state index in [2.05, 4.69) is 38.5 Å². The van der Waals surface area contributed by atoms with E-state index in [1.807, 2.05) is 24.3 Å². The molecule has 2 aromatic rings. The third-order valence-electron chi connectivity index (χ3n) is 2.58. The topological polar surface area (TPSA) is 60.2 Å². The molecule has 0 bridgehead atoms. The zero-order valence-corrected chi connectivity index (χ0v) is 14.4. The maximum absolute atomic E-state index is 12.3. The second kappa shape index (κ2) is 5.80. The van der Waals surface area contributed by atoms with Crippen LogP contribution in [0.2, 0.25) is 0 Å². The van der Waals surface area contributed by atoms with Crippen LogP contribution < -0.4 is 5.73 Å². The Morgan fingerprint density at radius 1 is 1.11 bits per heavy atom. The molecule has 0 saturated carbocycles. The molecule has 19 heavy (non-hydrogen) atoms. The lowest BCUT2D eigenvalue weighted by atomic mass is 10.2. The predicted octanol–water partition coefficient (Wildman–Crippen LogP) is 3.61. The fourth-order valence-electron chi connectivity index (χ4n) is 1.68. The standard InChI is InChI=1S/C13H11BrINO2S/c14-10-3-6-13(12(16)7-10)19(17,18)8-9-1-4-11(15)5-2-9/h1-7H,8,16H2. The monoisotopic (exact) mass is 451 g/mol. The number of nitrogens with two attached hydrogens (primary N) is 1. The number of halogens is 2. The van der Waals surface area contributed by atoms with Crippen molar-refractivity contribution in [1.29, 1.82) is 0 Å². The van der Waals surface area contributed by atoms with Crippen LogP contribution in [-0.4, -0.2) is 8.42 Å². The second-order valence-corrected chi connectivity index (χ2v) is 8.19. The summed E-state index contributed by atoms with van der Waals surface area (Å²) in [4.78, 5) is 0.175. The Bertz CT molecular complexity index is 699. The zero-order chi connectivity index (χ0) is 14.0. The fourth-order valence-corrected chi connectivity index (χ4v) is 3.90. The molecule has 0 atom stereocenters. The number of hydrogen-bond acceptors (Lipinski definition) is 3. The molecule has 2 N–H and O–H groups in total. The maximum Gasteiger partial charge on any atom is 0.184 e. The van der Waals surface area contributed by atoms with Gasteiger partial charge in [-0.15, -0.1) is 0 Å². The van der Waals surface area contributed by atoms with Gasteiger partial charge in [0, 0.05) is 8.04 Å². The number of benzene rings is 2. The highest BCUT2D eigenvalue weighted by Gasteiger charge is 2.18. The van der Waals surface area contributed by atoms with Gasteiger partial charge < -0.3 is 5.73 Å². The molecule has 0 saturated heterocycles. The van der Waals surface area contributed by atoms with Crippen LogP contribution in [0.4, 0.5) is 5.69 Å². The van der Waals surface area contributed by atoms with E-state index in [4.69, 9.17) is 5.73 Å². The Hall–Kier alpha value is -0.600. The average Bonchev–Trinajstić information content (AvgIpc) is 2.31. The van der Waals surface area contributed by atoms with Crippen LogP contribution >= 0.6 is 38.5 Å². The SMILES string of the molecule is Nc1cc(Br)ccc1S(=O)(=O)Cc1ccc(I)cc1. The Balaban J connectivity index is 2.35. The van der Waals surface area contributed by atoms with Crippen molar-refractivity contribution < 1.29 is 8.42 Å². The van der Waals surface area contributed by atoms with Gasteiger partial charge in [-0.05, 0) is 58.5 Å². The number of hydrogen-bond donors (Lipinski definition) is 1. The van der Waals surface area contributed by atoms with Crippen molar-refractivity contribution in [2.24, 2.45) is 0 Å². The predicted molar refractivity (Wildman–Crippen MR) is 88.6 cm³/mol. The Labute approximate surface area is 134 Å². The van der Waals surface area contributed by atoms with Gasteiger partial charge in [0.05, 0.1) is 16.3 Å². The van der Waals surface area contributed by atoms with Gasteiger partial charge in [-0.25, -0.2) is 8.42 Å². The molecule has 0 aromatic heterocycles. The lowest BCUT2D eigenvalue weighted by Crippen LogP contribution is -2.08. The van der Waals surface area contributed by atoms with Crippen molar-refractivity contribution in [3.63, 3.8) is 0 Å². The second-order valence-electron chi connectivity index (χ2n) is 4.07. The average molecular weight is 452 g/mol. The highest BCUT2D eigenvalue weighted by molar-refractivity contribution is 14.1. The van der Waals surface area contributed by atoms with Crippen molar-refractivity contribution in [1.82, 2.24) is 0 Å². The van der Waals surface area contributed by atoms with Crippen molar-refractivity contribution in [3.05, 3.63) is 56.1 Å². The number of anilines is 1. The van der Waals surface area contributed by atoms with Crippen LogP contribution in [0.1, 0.15) is 5.56 Å². The van der Waals surface area contributed by atoms with Gasteiger partial charge in [-0.1, -0.05) is 28.1 Å². The Kier molecular flexibility index (Phi) is 4.52. The van der Waals surface area contributed by atoms with Crippen molar-refractivity contribution in [2.75, 3.05) is 5.73 Å². The molecule has 6 heteroatoms. The van der Waals surface area contributed by atoms with Gasteiger partial charge in [-0.3, -0.25) is 0 Å². The van der Waals surface area contributed by atoms with E-state index in [1.54, 1.807) is 12.1 Å².